The van der Waals surface area contributed by atoms with Crippen molar-refractivity contribution >= 4 is 39.9 Å². The monoisotopic (exact) mass is 362 g/mol. The zero-order valence-corrected chi connectivity index (χ0v) is 14.7. The van der Waals surface area contributed by atoms with E-state index in [1.807, 2.05) is 23.1 Å². The number of piperazine rings is 1. The number of benzene rings is 1. The number of aromatic nitrogens is 1. The van der Waals surface area contributed by atoms with Crippen LogP contribution in [0.2, 0.25) is 5.15 Å². The van der Waals surface area contributed by atoms with Crippen LogP contribution in [0.25, 0.3) is 10.8 Å². The van der Waals surface area contributed by atoms with Crippen LogP contribution in [0.5, 0.6) is 0 Å². The van der Waals surface area contributed by atoms with Crippen molar-refractivity contribution in [3.63, 3.8) is 0 Å². The van der Waals surface area contributed by atoms with Gasteiger partial charge in [0.25, 0.3) is 0 Å². The molecule has 2 heterocycles. The second kappa shape index (κ2) is 6.50. The van der Waals surface area contributed by atoms with Crippen LogP contribution in [0.3, 0.4) is 0 Å². The molecule has 1 aliphatic rings. The number of carbonyl (C=O) groups is 2. The molecule has 2 N–H and O–H groups in total. The summed E-state index contributed by atoms with van der Waals surface area (Å²) in [5, 5.41) is 14.7. The lowest BCUT2D eigenvalue weighted by molar-refractivity contribution is -0.130. The third-order valence-electron chi connectivity index (χ3n) is 4.74. The minimum atomic E-state index is -1.27. The summed E-state index contributed by atoms with van der Waals surface area (Å²) in [5.41, 5.74) is -0.366. The number of anilines is 1. The van der Waals surface area contributed by atoms with Gasteiger partial charge in [0, 0.05) is 30.4 Å². The van der Waals surface area contributed by atoms with Crippen molar-refractivity contribution in [2.45, 2.75) is 12.6 Å². The summed E-state index contributed by atoms with van der Waals surface area (Å²) in [4.78, 5) is 31.1. The number of ketones is 1. The van der Waals surface area contributed by atoms with E-state index < -0.39 is 11.8 Å². The van der Waals surface area contributed by atoms with Crippen LogP contribution in [-0.2, 0) is 4.79 Å². The number of pyridine rings is 1. The van der Waals surface area contributed by atoms with Gasteiger partial charge in [0.05, 0.1) is 6.54 Å². The van der Waals surface area contributed by atoms with E-state index in [0.717, 1.165) is 16.5 Å². The largest absolute Gasteiger partial charge is 0.465 e. The maximum atomic E-state index is 12.3. The van der Waals surface area contributed by atoms with Gasteiger partial charge in [0.1, 0.15) is 5.15 Å². The minimum absolute atomic E-state index is 0.227. The van der Waals surface area contributed by atoms with Gasteiger partial charge in [-0.1, -0.05) is 17.7 Å². The summed E-state index contributed by atoms with van der Waals surface area (Å²) >= 11 is 5.97. The Labute approximate surface area is 150 Å². The number of halogens is 1. The zero-order chi connectivity index (χ0) is 18.2. The smallest absolute Gasteiger partial charge is 0.409 e. The Morgan fingerprint density at radius 3 is 2.68 bits per heavy atom. The van der Waals surface area contributed by atoms with Crippen LogP contribution in [0.1, 0.15) is 6.92 Å². The molecule has 2 aromatic rings. The fraction of sp³-hybridized carbons (Fsp3) is 0.353. The topological polar surface area (TPSA) is 85.8 Å². The lowest BCUT2D eigenvalue weighted by Crippen LogP contribution is -2.73. The highest BCUT2D eigenvalue weighted by Gasteiger charge is 2.47. The number of nitrogens with zero attached hydrogens (tertiary/aromatic N) is 3. The van der Waals surface area contributed by atoms with Crippen LogP contribution in [0, 0.1) is 0 Å². The first-order chi connectivity index (χ1) is 11.9. The number of hydrogen-bond donors (Lipinski definition) is 2. The van der Waals surface area contributed by atoms with E-state index in [2.05, 4.69) is 10.3 Å². The van der Waals surface area contributed by atoms with Gasteiger partial charge in [-0.05, 0) is 37.6 Å². The van der Waals surface area contributed by atoms with Gasteiger partial charge < -0.3 is 10.0 Å². The average molecular weight is 363 g/mol. The molecule has 0 spiro atoms. The van der Waals surface area contributed by atoms with Crippen molar-refractivity contribution in [3.05, 3.63) is 35.6 Å². The Bertz CT molecular complexity index is 844. The molecule has 0 aliphatic carbocycles. The molecule has 1 unspecified atom stereocenters. The van der Waals surface area contributed by atoms with Gasteiger partial charge in [0.2, 0.25) is 0 Å². The number of hydrogen-bond acceptors (Lipinski definition) is 5. The minimum Gasteiger partial charge on any atom is -0.465 e. The summed E-state index contributed by atoms with van der Waals surface area (Å²) in [5.74, 6) is -0.241. The Morgan fingerprint density at radius 2 is 2.04 bits per heavy atom. The summed E-state index contributed by atoms with van der Waals surface area (Å²) in [6, 6.07) is 7.63. The van der Waals surface area contributed by atoms with Gasteiger partial charge in [-0.25, -0.2) is 9.78 Å². The van der Waals surface area contributed by atoms with Gasteiger partial charge in [0.15, 0.2) is 11.4 Å². The molecule has 8 heteroatoms. The molecule has 0 saturated carbocycles. The predicted octanol–water partition coefficient (Wildman–Crippen LogP) is 2.19. The number of nitrogens with one attached hydrogen (secondary N) is 1. The molecule has 25 heavy (non-hydrogen) atoms. The molecule has 1 atom stereocenters. The van der Waals surface area contributed by atoms with E-state index in [4.69, 9.17) is 11.6 Å². The Hall–Kier alpha value is -2.38. The molecule has 1 fully saturated rings. The Morgan fingerprint density at radius 1 is 1.28 bits per heavy atom. The van der Waals surface area contributed by atoms with Gasteiger partial charge >= 0.3 is 6.09 Å². The number of carbonyl (C=O) groups excluding carboxylic acids is 1. The van der Waals surface area contributed by atoms with Crippen molar-refractivity contribution in [2.75, 3.05) is 31.6 Å². The third-order valence-corrected chi connectivity index (χ3v) is 4.94. The molecule has 7 nitrogen and oxygen atoms in total. The van der Waals surface area contributed by atoms with Gasteiger partial charge in [-0.15, -0.1) is 0 Å². The summed E-state index contributed by atoms with van der Waals surface area (Å²) in [7, 11) is 1.60. The van der Waals surface area contributed by atoms with Crippen molar-refractivity contribution in [1.29, 1.82) is 0 Å². The van der Waals surface area contributed by atoms with E-state index in [0.29, 0.717) is 11.7 Å². The van der Waals surface area contributed by atoms with E-state index >= 15 is 0 Å². The zero-order valence-electron chi connectivity index (χ0n) is 14.0. The number of amides is 1. The lowest BCUT2D eigenvalue weighted by atomic mass is 9.99. The van der Waals surface area contributed by atoms with E-state index in [-0.39, 0.29) is 18.9 Å². The highest BCUT2D eigenvalue weighted by Crippen LogP contribution is 2.28. The first-order valence-electron chi connectivity index (χ1n) is 7.88. The standard InChI is InChI=1S/C17H19ClN4O3/c1-11(23)17(19-2)10-21(5-6-22(17)16(24)25)14-4-3-12-9-20-15(18)8-13(12)7-14/h3-4,7-9,19H,5-6,10H2,1-2H3,(H,24,25). The molecule has 1 aromatic heterocycles. The number of Topliss-reactive ketones (excluding diaryl/α,β-unsaturated/α-hetero) is 1. The van der Waals surface area contributed by atoms with Gasteiger partial charge in [-0.3, -0.25) is 15.0 Å². The van der Waals surface area contributed by atoms with Gasteiger partial charge in [-0.2, -0.15) is 0 Å². The molecular formula is C17H19ClN4O3. The molecular weight excluding hydrogens is 344 g/mol. The highest BCUT2D eigenvalue weighted by molar-refractivity contribution is 6.30. The first kappa shape index (κ1) is 17.4. The fourth-order valence-electron chi connectivity index (χ4n) is 3.32. The first-order valence-corrected chi connectivity index (χ1v) is 8.26. The average Bonchev–Trinajstić information content (AvgIpc) is 2.60. The quantitative estimate of drug-likeness (QED) is 0.814. The fourth-order valence-corrected chi connectivity index (χ4v) is 3.49. The summed E-state index contributed by atoms with van der Waals surface area (Å²) in [6.45, 7) is 2.36. The third kappa shape index (κ3) is 3.01. The molecule has 3 rings (SSSR count). The van der Waals surface area contributed by atoms with Crippen molar-refractivity contribution < 1.29 is 14.7 Å². The van der Waals surface area contributed by atoms with E-state index in [9.17, 15) is 14.7 Å². The molecule has 1 aliphatic heterocycles. The van der Waals surface area contributed by atoms with E-state index in [1.54, 1.807) is 19.3 Å². The predicted molar refractivity (Wildman–Crippen MR) is 96.2 cm³/mol. The SMILES string of the molecule is CNC1(C(C)=O)CN(c2ccc3cnc(Cl)cc3c2)CCN1C(=O)O. The van der Waals surface area contributed by atoms with E-state index in [1.165, 1.54) is 11.8 Å². The van der Waals surface area contributed by atoms with Crippen molar-refractivity contribution in [2.24, 2.45) is 0 Å². The van der Waals surface area contributed by atoms with Crippen molar-refractivity contribution in [3.8, 4) is 0 Å². The highest BCUT2D eigenvalue weighted by atomic mass is 35.5. The van der Waals surface area contributed by atoms with Crippen LogP contribution < -0.4 is 10.2 Å². The second-order valence-corrected chi connectivity index (χ2v) is 6.45. The second-order valence-electron chi connectivity index (χ2n) is 6.06. The summed E-state index contributed by atoms with van der Waals surface area (Å²) < 4.78 is 0. The Balaban J connectivity index is 1.98. The Kier molecular flexibility index (Phi) is 4.53. The molecule has 1 amide bonds. The maximum Gasteiger partial charge on any atom is 0.409 e. The molecule has 132 valence electrons. The number of likely N-dealkylation sites (N-methyl/N-ethyl adjacent to an activating group) is 1. The molecule has 1 aromatic carbocycles. The molecule has 0 bridgehead atoms. The molecule has 0 radical (unpaired) electrons. The molecule has 1 saturated heterocycles. The van der Waals surface area contributed by atoms with Crippen molar-refractivity contribution in [1.82, 2.24) is 15.2 Å². The van der Waals surface area contributed by atoms with Crippen LogP contribution >= 0.6 is 11.6 Å². The normalized spacial score (nSPS) is 20.8. The lowest BCUT2D eigenvalue weighted by Gasteiger charge is -2.48. The van der Waals surface area contributed by atoms with Crippen LogP contribution in [-0.4, -0.2) is 59.2 Å². The number of rotatable bonds is 3. The van der Waals surface area contributed by atoms with Crippen LogP contribution in [0.4, 0.5) is 10.5 Å². The van der Waals surface area contributed by atoms with Crippen LogP contribution in [0.15, 0.2) is 30.5 Å². The maximum absolute atomic E-state index is 12.3. The number of carboxylic acid groups (broad SMARTS) is 1. The summed E-state index contributed by atoms with van der Waals surface area (Å²) in [6.07, 6.45) is 0.595. The number of fused-ring (bicyclic) bond motifs is 1.